The number of allylic oxidation sites excluding steroid dienone is 3. The van der Waals surface area contributed by atoms with E-state index in [0.29, 0.717) is 22.5 Å². The number of aliphatic carboxylic acids is 1. The largest absolute Gasteiger partial charge is 0.480 e. The Morgan fingerprint density at radius 2 is 1.96 bits per heavy atom. The van der Waals surface area contributed by atoms with Gasteiger partial charge < -0.3 is 9.52 Å². The summed E-state index contributed by atoms with van der Waals surface area (Å²) in [5.41, 5.74) is 1.46. The molecule has 0 bridgehead atoms. The van der Waals surface area contributed by atoms with Crippen molar-refractivity contribution in [2.75, 3.05) is 0 Å². The number of aryl methyl sites for hydroxylation is 1. The molecule has 1 N–H and O–H groups in total. The van der Waals surface area contributed by atoms with Crippen molar-refractivity contribution in [3.05, 3.63) is 90.1 Å². The van der Waals surface area contributed by atoms with Crippen LogP contribution in [0.25, 0.3) is 16.8 Å². The van der Waals surface area contributed by atoms with E-state index in [1.165, 1.54) is 18.6 Å². The third-order valence-electron chi connectivity index (χ3n) is 4.76. The van der Waals surface area contributed by atoms with Crippen molar-refractivity contribution in [1.82, 2.24) is 9.97 Å². The number of benzene rings is 1. The Hall–Kier alpha value is -3.54. The van der Waals surface area contributed by atoms with Crippen LogP contribution in [0.4, 0.5) is 4.39 Å². The monoisotopic (exact) mass is 376 g/mol. The number of aromatic nitrogens is 2. The fourth-order valence-corrected chi connectivity index (χ4v) is 3.39. The minimum absolute atomic E-state index is 0.0490. The summed E-state index contributed by atoms with van der Waals surface area (Å²) in [5, 5.41) is 10.1. The van der Waals surface area contributed by atoms with Gasteiger partial charge in [-0.2, -0.15) is 0 Å². The number of carboxylic acids is 1. The van der Waals surface area contributed by atoms with Crippen LogP contribution in [0.3, 0.4) is 0 Å². The molecular weight excluding hydrogens is 359 g/mol. The van der Waals surface area contributed by atoms with E-state index < -0.39 is 17.2 Å². The van der Waals surface area contributed by atoms with Crippen LogP contribution in [0.2, 0.25) is 0 Å². The normalized spacial score (nSPS) is 19.1. The molecule has 4 rings (SSSR count). The lowest BCUT2D eigenvalue weighted by Gasteiger charge is -2.29. The lowest BCUT2D eigenvalue weighted by Crippen LogP contribution is -2.38. The number of furan rings is 1. The van der Waals surface area contributed by atoms with Gasteiger partial charge in [0.25, 0.3) is 0 Å². The van der Waals surface area contributed by atoms with E-state index in [1.807, 2.05) is 30.3 Å². The SMILES string of the molecule is Cc1cc(-c2ccoc2)nc(C2(C(=O)O)C=C(F)C=C(c3ccccc3)C2)n1. The summed E-state index contributed by atoms with van der Waals surface area (Å²) in [7, 11) is 0. The van der Waals surface area contributed by atoms with Crippen LogP contribution >= 0.6 is 0 Å². The number of carboxylic acid groups (broad SMARTS) is 1. The maximum absolute atomic E-state index is 14.6. The summed E-state index contributed by atoms with van der Waals surface area (Å²) >= 11 is 0. The van der Waals surface area contributed by atoms with Crippen LogP contribution in [-0.2, 0) is 10.2 Å². The molecular formula is C22H17FN2O3. The van der Waals surface area contributed by atoms with E-state index in [2.05, 4.69) is 9.97 Å². The highest BCUT2D eigenvalue weighted by atomic mass is 19.1. The Morgan fingerprint density at radius 1 is 1.18 bits per heavy atom. The fourth-order valence-electron chi connectivity index (χ4n) is 3.39. The van der Waals surface area contributed by atoms with Crippen molar-refractivity contribution in [3.8, 4) is 11.3 Å². The molecule has 1 aliphatic carbocycles. The van der Waals surface area contributed by atoms with E-state index in [4.69, 9.17) is 4.42 Å². The molecule has 1 unspecified atom stereocenters. The molecule has 0 radical (unpaired) electrons. The zero-order valence-electron chi connectivity index (χ0n) is 15.1. The second kappa shape index (κ2) is 6.88. The van der Waals surface area contributed by atoms with E-state index in [0.717, 1.165) is 11.6 Å². The Morgan fingerprint density at radius 3 is 2.64 bits per heavy atom. The molecule has 1 atom stereocenters. The number of rotatable bonds is 4. The van der Waals surface area contributed by atoms with Gasteiger partial charge in [-0.05, 0) is 42.3 Å². The van der Waals surface area contributed by atoms with E-state index in [1.54, 1.807) is 19.1 Å². The van der Waals surface area contributed by atoms with E-state index >= 15 is 0 Å². The highest BCUT2D eigenvalue weighted by Gasteiger charge is 2.45. The van der Waals surface area contributed by atoms with Crippen molar-refractivity contribution in [3.63, 3.8) is 0 Å². The van der Waals surface area contributed by atoms with Gasteiger partial charge in [0.05, 0.1) is 18.2 Å². The smallest absolute Gasteiger partial charge is 0.321 e. The molecule has 2 heterocycles. The van der Waals surface area contributed by atoms with Crippen LogP contribution in [0.5, 0.6) is 0 Å². The Kier molecular flexibility index (Phi) is 4.39. The quantitative estimate of drug-likeness (QED) is 0.714. The summed E-state index contributed by atoms with van der Waals surface area (Å²) in [6.45, 7) is 1.75. The lowest BCUT2D eigenvalue weighted by molar-refractivity contribution is -0.142. The predicted molar refractivity (Wildman–Crippen MR) is 102 cm³/mol. The van der Waals surface area contributed by atoms with Crippen molar-refractivity contribution < 1.29 is 18.7 Å². The second-order valence-electron chi connectivity index (χ2n) is 6.75. The summed E-state index contributed by atoms with van der Waals surface area (Å²) in [5.74, 6) is -1.77. The molecule has 2 aromatic heterocycles. The second-order valence-corrected chi connectivity index (χ2v) is 6.75. The average molecular weight is 376 g/mol. The molecule has 0 amide bonds. The first-order chi connectivity index (χ1) is 13.5. The molecule has 1 aliphatic rings. The predicted octanol–water partition coefficient (Wildman–Crippen LogP) is 4.71. The third-order valence-corrected chi connectivity index (χ3v) is 4.76. The molecule has 3 aromatic rings. The molecule has 5 nitrogen and oxygen atoms in total. The summed E-state index contributed by atoms with van der Waals surface area (Å²) in [4.78, 5) is 21.2. The minimum atomic E-state index is -1.70. The van der Waals surface area contributed by atoms with Gasteiger partial charge in [0.2, 0.25) is 0 Å². The fraction of sp³-hybridized carbons (Fsp3) is 0.136. The van der Waals surface area contributed by atoms with Gasteiger partial charge in [-0.3, -0.25) is 4.79 Å². The zero-order chi connectivity index (χ0) is 19.7. The lowest BCUT2D eigenvalue weighted by atomic mass is 9.75. The van der Waals surface area contributed by atoms with Crippen LogP contribution < -0.4 is 0 Å². The first-order valence-corrected chi connectivity index (χ1v) is 8.74. The standard InChI is InChI=1S/C22H17FN2O3/c1-14-9-19(16-7-8-28-13-16)25-20(24-14)22(21(26)27)11-17(10-18(23)12-22)15-5-3-2-4-6-15/h2-10,12-13H,11H2,1H3,(H,26,27). The highest BCUT2D eigenvalue weighted by molar-refractivity contribution is 5.88. The minimum Gasteiger partial charge on any atom is -0.480 e. The summed E-state index contributed by atoms with van der Waals surface area (Å²) < 4.78 is 19.7. The number of hydrogen-bond donors (Lipinski definition) is 1. The maximum Gasteiger partial charge on any atom is 0.321 e. The topological polar surface area (TPSA) is 76.2 Å². The molecule has 28 heavy (non-hydrogen) atoms. The molecule has 0 spiro atoms. The van der Waals surface area contributed by atoms with Crippen LogP contribution in [-0.4, -0.2) is 21.0 Å². The Bertz CT molecular complexity index is 1090. The van der Waals surface area contributed by atoms with Crippen molar-refractivity contribution in [2.45, 2.75) is 18.8 Å². The molecule has 0 fully saturated rings. The number of halogens is 1. The van der Waals surface area contributed by atoms with Gasteiger partial charge in [0, 0.05) is 17.7 Å². The van der Waals surface area contributed by atoms with Gasteiger partial charge in [0.15, 0.2) is 11.2 Å². The third kappa shape index (κ3) is 3.13. The van der Waals surface area contributed by atoms with Gasteiger partial charge in [0.1, 0.15) is 5.83 Å². The number of nitrogens with zero attached hydrogens (tertiary/aromatic N) is 2. The number of carbonyl (C=O) groups is 1. The van der Waals surface area contributed by atoms with Crippen molar-refractivity contribution in [2.24, 2.45) is 0 Å². The zero-order valence-corrected chi connectivity index (χ0v) is 15.1. The molecule has 0 saturated heterocycles. The van der Waals surface area contributed by atoms with Gasteiger partial charge in [-0.15, -0.1) is 0 Å². The van der Waals surface area contributed by atoms with Crippen LogP contribution in [0.1, 0.15) is 23.5 Å². The van der Waals surface area contributed by atoms with E-state index in [-0.39, 0.29) is 12.2 Å². The molecule has 1 aromatic carbocycles. The van der Waals surface area contributed by atoms with Gasteiger partial charge >= 0.3 is 5.97 Å². The van der Waals surface area contributed by atoms with Gasteiger partial charge in [-0.1, -0.05) is 30.3 Å². The summed E-state index contributed by atoms with van der Waals surface area (Å²) in [6, 6.07) is 12.6. The Labute approximate surface area is 160 Å². The molecule has 0 aliphatic heterocycles. The first kappa shape index (κ1) is 17.9. The highest BCUT2D eigenvalue weighted by Crippen LogP contribution is 2.41. The van der Waals surface area contributed by atoms with Crippen LogP contribution in [0.15, 0.2) is 77.4 Å². The summed E-state index contributed by atoms with van der Waals surface area (Å²) in [6.07, 6.45) is 5.54. The molecule has 140 valence electrons. The van der Waals surface area contributed by atoms with Crippen LogP contribution in [0, 0.1) is 6.92 Å². The molecule has 0 saturated carbocycles. The maximum atomic E-state index is 14.6. The van der Waals surface area contributed by atoms with Crippen molar-refractivity contribution >= 4 is 11.5 Å². The number of hydrogen-bond acceptors (Lipinski definition) is 4. The Balaban J connectivity index is 1.86. The van der Waals surface area contributed by atoms with E-state index in [9.17, 15) is 14.3 Å². The average Bonchev–Trinajstić information content (AvgIpc) is 3.22. The van der Waals surface area contributed by atoms with Crippen molar-refractivity contribution in [1.29, 1.82) is 0 Å². The first-order valence-electron chi connectivity index (χ1n) is 8.74. The molecule has 6 heteroatoms. The van der Waals surface area contributed by atoms with Gasteiger partial charge in [-0.25, -0.2) is 14.4 Å².